The number of hydrogen-bond acceptors (Lipinski definition) is 18. The third-order valence-electron chi connectivity index (χ3n) is 16.0. The number of amides is 10. The van der Waals surface area contributed by atoms with Crippen molar-refractivity contribution in [3.05, 3.63) is 65.8 Å². The summed E-state index contributed by atoms with van der Waals surface area (Å²) in [6.45, 7) is 15.1. The molecule has 35 nitrogen and oxygen atoms in total. The first-order chi connectivity index (χ1) is 47.3. The molecule has 100 heavy (non-hydrogen) atoms. The van der Waals surface area contributed by atoms with Gasteiger partial charge >= 0.3 is 0 Å². The van der Waals surface area contributed by atoms with Crippen molar-refractivity contribution >= 4 is 76.8 Å². The molecule has 2 aromatic heterocycles. The van der Waals surface area contributed by atoms with Crippen LogP contribution in [0.15, 0.2) is 58.2 Å². The summed E-state index contributed by atoms with van der Waals surface area (Å²) in [6, 6.07) is -7.88. The van der Waals surface area contributed by atoms with Crippen LogP contribution in [0.2, 0.25) is 0 Å². The Morgan fingerprint density at radius 3 is 1.40 bits per heavy atom. The van der Waals surface area contributed by atoms with Crippen LogP contribution < -0.4 is 87.6 Å². The monoisotopic (exact) mass is 1400 g/mol. The Kier molecular flexibility index (Phi) is 37.2. The molecule has 1 aromatic carbocycles. The predicted octanol–water partition coefficient (Wildman–Crippen LogP) is -3.21. The second kappa shape index (κ2) is 44.2. The molecule has 35 heteroatoms. The number of phenolic OH excluding ortho intramolecular Hbond substituents is 1. The van der Waals surface area contributed by atoms with E-state index < -0.39 is 120 Å². The number of hydrogen-bond donors (Lipinski definition) is 20. The number of rotatable bonds is 47. The van der Waals surface area contributed by atoms with E-state index in [1.54, 1.807) is 80.6 Å². The van der Waals surface area contributed by atoms with E-state index >= 15 is 0 Å². The molecule has 2 heterocycles. The number of aryl methyl sites for hydroxylation is 2. The van der Waals surface area contributed by atoms with E-state index in [-0.39, 0.29) is 144 Å². The van der Waals surface area contributed by atoms with Crippen molar-refractivity contribution in [1.29, 1.82) is 0 Å². The third kappa shape index (κ3) is 32.2. The Balaban J connectivity index is 2.03. The van der Waals surface area contributed by atoms with Crippen LogP contribution in [-0.2, 0) is 67.2 Å². The van der Waals surface area contributed by atoms with Gasteiger partial charge in [0.2, 0.25) is 59.1 Å². The highest BCUT2D eigenvalue weighted by Crippen LogP contribution is 2.19. The minimum atomic E-state index is -1.55. The van der Waals surface area contributed by atoms with Crippen LogP contribution in [0.5, 0.6) is 5.75 Å². The van der Waals surface area contributed by atoms with Gasteiger partial charge in [-0.1, -0.05) is 54.0 Å². The van der Waals surface area contributed by atoms with Crippen molar-refractivity contribution in [2.75, 3.05) is 32.8 Å². The van der Waals surface area contributed by atoms with Crippen molar-refractivity contribution in [2.45, 2.75) is 206 Å². The number of aliphatic hydroxyl groups is 1. The molecule has 556 valence electrons. The van der Waals surface area contributed by atoms with Crippen molar-refractivity contribution < 1.29 is 58.2 Å². The molecule has 0 fully saturated rings. The fourth-order valence-electron chi connectivity index (χ4n) is 10.5. The van der Waals surface area contributed by atoms with Crippen LogP contribution in [0.25, 0.3) is 0 Å². The molecule has 0 aliphatic heterocycles. The highest BCUT2D eigenvalue weighted by atomic mass is 16.3. The number of phenols is 1. The summed E-state index contributed by atoms with van der Waals surface area (Å²) in [4.78, 5) is 167. The molecule has 0 bridgehead atoms. The molecule has 10 amide bonds. The Hall–Kier alpha value is -9.93. The zero-order valence-electron chi connectivity index (χ0n) is 59.0. The highest BCUT2D eigenvalue weighted by Gasteiger charge is 2.36. The molecule has 0 spiro atoms. The molecule has 0 aliphatic carbocycles. The predicted molar refractivity (Wildman–Crippen MR) is 376 cm³/mol. The van der Waals surface area contributed by atoms with Crippen LogP contribution in [-0.4, -0.2) is 200 Å². The standard InChI is InChI=1S/C65H109N23O12/c1-10-37(6)54(55(67)92)88-63(100)52(32-89)87-61(98)50(25-36(4)5)85-60(97)49(24-35(2)3)84-57(94)46(14-11-21-74-40(9)66)81-56(93)45(15-12-22-75-64(68)69)83-62(99)51(28-43-31-73-34-79-43)86-58(95)47(16-13-23-76-65(70)71)82-59(96)48(27-41-17-19-44(90)26-38(41)7)77-29-39(8)80-53(91)20-18-42-30-72-33-78-42/h17,19,26,30-31,33-37,39,45-52,54,77,89-90H,10-16,18,20-25,27-29,32H2,1-9H3,(H2,66,74)(H2,67,92)(H,72,78)(H,73,79)(H,80,91)(H,81,93)(H,82,96)(H,83,99)(H,84,94)(H,85,97)(H,86,95)(H,87,98)(H,88,100)(H4,68,69,75)(H4,70,71,76). The number of primary amides is 1. The number of aliphatic imine (C=N–C) groups is 3. The van der Waals surface area contributed by atoms with E-state index in [1.807, 2.05) is 0 Å². The Morgan fingerprint density at radius 1 is 0.540 bits per heavy atom. The largest absolute Gasteiger partial charge is 0.508 e. The molecule has 0 saturated carbocycles. The van der Waals surface area contributed by atoms with Gasteiger partial charge < -0.3 is 108 Å². The van der Waals surface area contributed by atoms with Gasteiger partial charge in [-0.25, -0.2) is 9.97 Å². The number of carbonyl (C=O) groups is 10. The molecule has 11 unspecified atom stereocenters. The normalized spacial score (nSPS) is 14.7. The molecule has 26 N–H and O–H groups in total. The maximum absolute atomic E-state index is 14.9. The number of carbonyl (C=O) groups excluding carboxylic acids is 10. The van der Waals surface area contributed by atoms with Crippen LogP contribution in [0.1, 0.15) is 142 Å². The van der Waals surface area contributed by atoms with E-state index in [0.717, 1.165) is 5.69 Å². The molecule has 3 rings (SSSR count). The second-order valence-corrected chi connectivity index (χ2v) is 25.8. The van der Waals surface area contributed by atoms with E-state index in [0.29, 0.717) is 29.7 Å². The smallest absolute Gasteiger partial charge is 0.245 e. The highest BCUT2D eigenvalue weighted by molar-refractivity contribution is 5.98. The zero-order chi connectivity index (χ0) is 74.6. The Bertz CT molecular complexity index is 3190. The fourth-order valence-corrected chi connectivity index (χ4v) is 10.5. The molecule has 0 aliphatic rings. The number of H-pyrrole nitrogens is 2. The minimum absolute atomic E-state index is 0.00695. The van der Waals surface area contributed by atoms with E-state index in [2.05, 4.69) is 88.1 Å². The van der Waals surface area contributed by atoms with Crippen molar-refractivity contribution in [3.63, 3.8) is 0 Å². The van der Waals surface area contributed by atoms with Gasteiger partial charge in [-0.15, -0.1) is 0 Å². The van der Waals surface area contributed by atoms with Crippen LogP contribution in [0.3, 0.4) is 0 Å². The summed E-state index contributed by atoms with van der Waals surface area (Å²) < 4.78 is 0. The van der Waals surface area contributed by atoms with E-state index in [9.17, 15) is 58.2 Å². The van der Waals surface area contributed by atoms with Crippen LogP contribution in [0, 0.1) is 24.7 Å². The maximum atomic E-state index is 14.9. The van der Waals surface area contributed by atoms with Crippen molar-refractivity contribution in [3.8, 4) is 5.75 Å². The number of aromatic amines is 2. The topological polar surface area (TPSA) is 582 Å². The molecule has 11 atom stereocenters. The summed E-state index contributed by atoms with van der Waals surface area (Å²) in [5, 5.41) is 48.2. The summed E-state index contributed by atoms with van der Waals surface area (Å²) in [7, 11) is 0. The number of nitrogens with zero attached hydrogens (tertiary/aromatic N) is 5. The van der Waals surface area contributed by atoms with Crippen LogP contribution >= 0.6 is 0 Å². The van der Waals surface area contributed by atoms with Crippen molar-refractivity contribution in [2.24, 2.45) is 67.1 Å². The number of aromatic hydroxyl groups is 1. The molecular formula is C65H109N23O12. The third-order valence-corrected chi connectivity index (χ3v) is 16.0. The Morgan fingerprint density at radius 2 is 0.970 bits per heavy atom. The SMILES string of the molecule is CCC(C)C(NC(=O)C(CO)NC(=O)C(CC(C)C)NC(=O)C(CC(C)C)NC(=O)C(CCCN=C(C)N)NC(=O)C(CCCN=C(N)N)NC(=O)C(Cc1cnc[nH]1)NC(=O)C(CCCN=C(N)N)NC(=O)C(Cc1ccc(O)cc1C)NCC(C)NC(=O)CCc1cnc[nH]1)C(N)=O. The summed E-state index contributed by atoms with van der Waals surface area (Å²) >= 11 is 0. The lowest BCUT2D eigenvalue weighted by atomic mass is 9.98. The average Bonchev–Trinajstić information content (AvgIpc) is 0.916. The first kappa shape index (κ1) is 84.3. The van der Waals surface area contributed by atoms with E-state index in [1.165, 1.54) is 24.9 Å². The van der Waals surface area contributed by atoms with Gasteiger partial charge in [0, 0.05) is 68.8 Å². The quantitative estimate of drug-likeness (QED) is 0.0150. The molecule has 0 saturated heterocycles. The number of nitrogens with one attached hydrogen (secondary N) is 12. The van der Waals surface area contributed by atoms with Crippen LogP contribution in [0.4, 0.5) is 0 Å². The van der Waals surface area contributed by atoms with Gasteiger partial charge in [0.25, 0.3) is 0 Å². The number of amidine groups is 1. The molecule has 0 radical (unpaired) electrons. The number of aromatic nitrogens is 4. The van der Waals surface area contributed by atoms with Gasteiger partial charge in [-0.05, 0) is 126 Å². The molecular weight excluding hydrogens is 1290 g/mol. The second-order valence-electron chi connectivity index (χ2n) is 25.8. The number of aliphatic hydroxyl groups excluding tert-OH is 1. The number of benzene rings is 1. The van der Waals surface area contributed by atoms with Gasteiger partial charge in [-0.3, -0.25) is 62.9 Å². The number of imidazole rings is 2. The van der Waals surface area contributed by atoms with Crippen molar-refractivity contribution in [1.82, 2.24) is 73.1 Å². The van der Waals surface area contributed by atoms with Gasteiger partial charge in [0.15, 0.2) is 11.9 Å². The lowest BCUT2D eigenvalue weighted by molar-refractivity contribution is -0.136. The number of nitrogens with two attached hydrogens (primary N) is 6. The first-order valence-electron chi connectivity index (χ1n) is 33.8. The van der Waals surface area contributed by atoms with Gasteiger partial charge in [0.1, 0.15) is 54.1 Å². The summed E-state index contributed by atoms with van der Waals surface area (Å²) in [6.07, 6.45) is 6.99. The molecule has 3 aromatic rings. The van der Waals surface area contributed by atoms with Gasteiger partial charge in [0.05, 0.1) is 31.1 Å². The van der Waals surface area contributed by atoms with Gasteiger partial charge in [-0.2, -0.15) is 0 Å². The average molecular weight is 1400 g/mol. The van der Waals surface area contributed by atoms with E-state index in [4.69, 9.17) is 34.4 Å². The minimum Gasteiger partial charge on any atom is -0.508 e. The maximum Gasteiger partial charge on any atom is 0.245 e. The lowest BCUT2D eigenvalue weighted by Gasteiger charge is -2.29. The first-order valence-corrected chi connectivity index (χ1v) is 33.8. The summed E-state index contributed by atoms with van der Waals surface area (Å²) in [5.41, 5.74) is 36.5. The zero-order valence-corrected chi connectivity index (χ0v) is 59.0. The Labute approximate surface area is 583 Å². The fraction of sp³-hybridized carbons (Fsp3) is 0.615. The number of guanidine groups is 2. The summed E-state index contributed by atoms with van der Waals surface area (Å²) in [5.74, 6) is -8.76. The lowest BCUT2D eigenvalue weighted by Crippen LogP contribution is -2.61.